The quantitative estimate of drug-likeness (QED) is 0.589. The molecule has 3 rings (SSSR count). The molecule has 0 saturated carbocycles. The summed E-state index contributed by atoms with van der Waals surface area (Å²) in [6.45, 7) is 6.00. The molecule has 2 atom stereocenters. The molecule has 2 aliphatic heterocycles. The van der Waals surface area contributed by atoms with Gasteiger partial charge in [0.2, 0.25) is 0 Å². The molecule has 2 bridgehead atoms. The highest BCUT2D eigenvalue weighted by molar-refractivity contribution is 5.07. The number of ether oxygens (including phenoxy) is 1. The molecule has 1 aromatic rings. The van der Waals surface area contributed by atoms with E-state index in [1.54, 1.807) is 12.5 Å². The fourth-order valence-corrected chi connectivity index (χ4v) is 1.45. The van der Waals surface area contributed by atoms with Crippen molar-refractivity contribution >= 4 is 0 Å². The van der Waals surface area contributed by atoms with Crippen LogP contribution in [-0.2, 0) is 4.74 Å². The summed E-state index contributed by atoms with van der Waals surface area (Å²) in [6.07, 6.45) is 11.1. The highest BCUT2D eigenvalue weighted by Gasteiger charge is 2.25. The van der Waals surface area contributed by atoms with E-state index >= 15 is 0 Å². The van der Waals surface area contributed by atoms with Crippen molar-refractivity contribution in [2.24, 2.45) is 0 Å². The van der Waals surface area contributed by atoms with Gasteiger partial charge in [0.05, 0.1) is 24.7 Å². The van der Waals surface area contributed by atoms with E-state index in [1.807, 2.05) is 12.1 Å². The Balaban J connectivity index is 0.000000125. The van der Waals surface area contributed by atoms with E-state index in [0.29, 0.717) is 12.2 Å². The zero-order valence-electron chi connectivity index (χ0n) is 8.26. The lowest BCUT2D eigenvalue weighted by Gasteiger charge is -1.93. The largest absolute Gasteiger partial charge is 0.473 e. The van der Waals surface area contributed by atoms with Crippen LogP contribution < -0.4 is 0 Å². The van der Waals surface area contributed by atoms with Crippen LogP contribution in [0.2, 0.25) is 0 Å². The third-order valence-corrected chi connectivity index (χ3v) is 2.05. The Kier molecular flexibility index (Phi) is 4.79. The van der Waals surface area contributed by atoms with Crippen LogP contribution in [0.15, 0.2) is 54.4 Å². The number of hydrogen-bond donors (Lipinski definition) is 0. The van der Waals surface area contributed by atoms with Gasteiger partial charge in [0.1, 0.15) is 0 Å². The Morgan fingerprint density at radius 1 is 0.929 bits per heavy atom. The molecule has 1 aromatic heterocycles. The summed E-state index contributed by atoms with van der Waals surface area (Å²) in [5.41, 5.74) is 0. The molecular weight excluding hydrogens is 176 g/mol. The summed E-state index contributed by atoms with van der Waals surface area (Å²) < 4.78 is 9.94. The van der Waals surface area contributed by atoms with Gasteiger partial charge >= 0.3 is 0 Å². The van der Waals surface area contributed by atoms with Gasteiger partial charge in [-0.2, -0.15) is 0 Å². The molecule has 2 heteroatoms. The molecule has 76 valence electrons. The van der Waals surface area contributed by atoms with Crippen LogP contribution >= 0.6 is 0 Å². The molecule has 0 aromatic carbocycles. The maximum Gasteiger partial charge on any atom is 0.0902 e. The molecule has 3 heterocycles. The van der Waals surface area contributed by atoms with E-state index in [4.69, 9.17) is 4.74 Å². The van der Waals surface area contributed by atoms with Crippen molar-refractivity contribution in [1.29, 1.82) is 0 Å². The molecular formula is C12H16O2. The Morgan fingerprint density at radius 2 is 1.43 bits per heavy atom. The fourth-order valence-electron chi connectivity index (χ4n) is 1.45. The van der Waals surface area contributed by atoms with Crippen LogP contribution in [0.5, 0.6) is 0 Å². The van der Waals surface area contributed by atoms with Gasteiger partial charge in [-0.25, -0.2) is 0 Å². The zero-order chi connectivity index (χ0) is 10.2. The Bertz CT molecular complexity index is 222. The van der Waals surface area contributed by atoms with Gasteiger partial charge in [-0.15, -0.1) is 13.2 Å². The molecule has 1 saturated heterocycles. The standard InChI is InChI=1S/C6H8O.C4H4O.C2H4/c1-2-6-4-3-5(1)7-6;1-2-4-5-3-1;1-2/h1-2,5-6H,3-4H2;1-4H;1-2H2. The smallest absolute Gasteiger partial charge is 0.0902 e. The highest BCUT2D eigenvalue weighted by Crippen LogP contribution is 2.27. The first-order valence-electron chi connectivity index (χ1n) is 4.76. The van der Waals surface area contributed by atoms with Crippen LogP contribution in [0, 0.1) is 0 Å². The van der Waals surface area contributed by atoms with E-state index < -0.39 is 0 Å². The van der Waals surface area contributed by atoms with E-state index in [0.717, 1.165) is 0 Å². The van der Waals surface area contributed by atoms with Crippen molar-refractivity contribution in [3.8, 4) is 0 Å². The Morgan fingerprint density at radius 3 is 1.57 bits per heavy atom. The van der Waals surface area contributed by atoms with Gasteiger partial charge in [-0.1, -0.05) is 12.2 Å². The molecule has 0 N–H and O–H groups in total. The average Bonchev–Trinajstić information content (AvgIpc) is 3.02. The lowest BCUT2D eigenvalue weighted by atomic mass is 10.1. The summed E-state index contributed by atoms with van der Waals surface area (Å²) in [5.74, 6) is 0. The van der Waals surface area contributed by atoms with Gasteiger partial charge in [0, 0.05) is 0 Å². The molecule has 14 heavy (non-hydrogen) atoms. The van der Waals surface area contributed by atoms with Crippen LogP contribution in [0.3, 0.4) is 0 Å². The second-order valence-corrected chi connectivity index (χ2v) is 2.97. The normalized spacial score (nSPS) is 26.0. The van der Waals surface area contributed by atoms with Crippen molar-refractivity contribution in [1.82, 2.24) is 0 Å². The van der Waals surface area contributed by atoms with Crippen LogP contribution in [-0.4, -0.2) is 12.2 Å². The summed E-state index contributed by atoms with van der Waals surface area (Å²) >= 11 is 0. The molecule has 0 aliphatic carbocycles. The summed E-state index contributed by atoms with van der Waals surface area (Å²) in [7, 11) is 0. The molecule has 0 spiro atoms. The van der Waals surface area contributed by atoms with Crippen LogP contribution in [0.1, 0.15) is 12.8 Å². The first-order chi connectivity index (χ1) is 6.95. The second-order valence-electron chi connectivity index (χ2n) is 2.97. The molecule has 1 fully saturated rings. The van der Waals surface area contributed by atoms with Gasteiger partial charge in [-0.3, -0.25) is 0 Å². The molecule has 2 aliphatic rings. The van der Waals surface area contributed by atoms with Crippen molar-refractivity contribution in [2.45, 2.75) is 25.0 Å². The number of fused-ring (bicyclic) bond motifs is 2. The second kappa shape index (κ2) is 6.22. The van der Waals surface area contributed by atoms with Gasteiger partial charge < -0.3 is 9.15 Å². The van der Waals surface area contributed by atoms with Crippen LogP contribution in [0.25, 0.3) is 0 Å². The number of hydrogen-bond acceptors (Lipinski definition) is 2. The van der Waals surface area contributed by atoms with Crippen molar-refractivity contribution < 1.29 is 9.15 Å². The molecule has 2 nitrogen and oxygen atoms in total. The first kappa shape index (κ1) is 10.8. The molecule has 2 unspecified atom stereocenters. The average molecular weight is 192 g/mol. The van der Waals surface area contributed by atoms with E-state index in [-0.39, 0.29) is 0 Å². The lowest BCUT2D eigenvalue weighted by molar-refractivity contribution is 0.120. The van der Waals surface area contributed by atoms with Crippen molar-refractivity contribution in [2.75, 3.05) is 0 Å². The van der Waals surface area contributed by atoms with Gasteiger partial charge in [0.25, 0.3) is 0 Å². The monoisotopic (exact) mass is 192 g/mol. The minimum Gasteiger partial charge on any atom is -0.473 e. The predicted octanol–water partition coefficient (Wildman–Crippen LogP) is 3.19. The van der Waals surface area contributed by atoms with Crippen LogP contribution in [0.4, 0.5) is 0 Å². The predicted molar refractivity (Wildman–Crippen MR) is 57.0 cm³/mol. The van der Waals surface area contributed by atoms with Gasteiger partial charge in [0.15, 0.2) is 0 Å². The summed E-state index contributed by atoms with van der Waals surface area (Å²) in [4.78, 5) is 0. The van der Waals surface area contributed by atoms with Crippen molar-refractivity contribution in [3.63, 3.8) is 0 Å². The van der Waals surface area contributed by atoms with E-state index in [9.17, 15) is 0 Å². The van der Waals surface area contributed by atoms with Crippen molar-refractivity contribution in [3.05, 3.63) is 50.0 Å². The number of rotatable bonds is 0. The zero-order valence-corrected chi connectivity index (χ0v) is 8.26. The SMILES string of the molecule is C1=CC2CCC1O2.C=C.c1ccoc1. The Labute approximate surface area is 84.9 Å². The van der Waals surface area contributed by atoms with Gasteiger partial charge in [-0.05, 0) is 25.0 Å². The third kappa shape index (κ3) is 3.23. The highest BCUT2D eigenvalue weighted by atomic mass is 16.5. The molecule has 0 radical (unpaired) electrons. The minimum atomic E-state index is 0.491. The van der Waals surface area contributed by atoms with E-state index in [2.05, 4.69) is 29.7 Å². The van der Waals surface area contributed by atoms with E-state index in [1.165, 1.54) is 12.8 Å². The maximum absolute atomic E-state index is 5.36. The molecule has 0 amide bonds. The summed E-state index contributed by atoms with van der Waals surface area (Å²) in [6, 6.07) is 3.67. The fraction of sp³-hybridized carbons (Fsp3) is 0.333. The third-order valence-electron chi connectivity index (χ3n) is 2.05. The lowest BCUT2D eigenvalue weighted by Crippen LogP contribution is -1.95. The number of furan rings is 1. The topological polar surface area (TPSA) is 22.4 Å². The first-order valence-corrected chi connectivity index (χ1v) is 4.76. The summed E-state index contributed by atoms with van der Waals surface area (Å²) in [5, 5.41) is 0. The Hall–Kier alpha value is -1.28. The minimum absolute atomic E-state index is 0.491. The maximum atomic E-state index is 5.36.